The van der Waals surface area contributed by atoms with Crippen LogP contribution >= 0.6 is 11.6 Å². The molecule has 0 aromatic heterocycles. The van der Waals surface area contributed by atoms with E-state index >= 15 is 0 Å². The lowest BCUT2D eigenvalue weighted by atomic mass is 9.89. The minimum Gasteiger partial charge on any atom is -0.491 e. The number of carbonyl (C=O) groups is 1. The maximum Gasteiger partial charge on any atom is 0.305 e. The molecule has 0 saturated heterocycles. The Labute approximate surface area is 215 Å². The van der Waals surface area contributed by atoms with Crippen molar-refractivity contribution >= 4 is 17.6 Å². The van der Waals surface area contributed by atoms with Crippen molar-refractivity contribution in [1.82, 2.24) is 0 Å². The summed E-state index contributed by atoms with van der Waals surface area (Å²) in [7, 11) is 0. The maximum absolute atomic E-state index is 11.6. The molecular weight excluding hydrogens is 494 g/mol. The molecule has 0 radical (unpaired) electrons. The van der Waals surface area contributed by atoms with Crippen molar-refractivity contribution in [1.29, 1.82) is 0 Å². The molecule has 0 amide bonds. The van der Waals surface area contributed by atoms with Gasteiger partial charge in [0.2, 0.25) is 0 Å². The molecule has 1 aromatic carbocycles. The first-order chi connectivity index (χ1) is 17.3. The Hall–Kier alpha value is -2.66. The molecule has 10 nitrogen and oxygen atoms in total. The average molecular weight is 528 g/mol. The predicted octanol–water partition coefficient (Wildman–Crippen LogP) is 3.25. The Morgan fingerprint density at radius 1 is 1.22 bits per heavy atom. The lowest BCUT2D eigenvalue weighted by molar-refractivity contribution is -0.757. The van der Waals surface area contributed by atoms with Crippen LogP contribution < -0.4 is 4.74 Å². The zero-order valence-corrected chi connectivity index (χ0v) is 20.7. The zero-order valence-electron chi connectivity index (χ0n) is 20.0. The van der Waals surface area contributed by atoms with Gasteiger partial charge in [-0.05, 0) is 43.4 Å². The summed E-state index contributed by atoms with van der Waals surface area (Å²) in [5.41, 5.74) is 0. The number of halogens is 1. The van der Waals surface area contributed by atoms with Crippen LogP contribution in [-0.4, -0.2) is 64.5 Å². The Bertz CT molecular complexity index is 879. The molecule has 2 rings (SSSR count). The molecule has 0 bridgehead atoms. The van der Waals surface area contributed by atoms with Crippen molar-refractivity contribution in [2.75, 3.05) is 19.8 Å². The third-order valence-corrected chi connectivity index (χ3v) is 6.00. The van der Waals surface area contributed by atoms with Gasteiger partial charge in [0.25, 0.3) is 5.09 Å². The van der Waals surface area contributed by atoms with Crippen LogP contribution in [0.3, 0.4) is 0 Å². The molecule has 11 heteroatoms. The van der Waals surface area contributed by atoms with E-state index in [2.05, 4.69) is 4.84 Å². The number of allylic oxidation sites excluding steroid dienone is 2. The quantitative estimate of drug-likeness (QED) is 0.0967. The van der Waals surface area contributed by atoms with Crippen LogP contribution in [0.1, 0.15) is 38.5 Å². The van der Waals surface area contributed by atoms with Gasteiger partial charge in [0.15, 0.2) is 0 Å². The van der Waals surface area contributed by atoms with Crippen molar-refractivity contribution in [2.45, 2.75) is 56.8 Å². The van der Waals surface area contributed by atoms with Crippen LogP contribution in [0.15, 0.2) is 48.6 Å². The lowest BCUT2D eigenvalue weighted by Crippen LogP contribution is -2.21. The van der Waals surface area contributed by atoms with E-state index < -0.39 is 23.4 Å². The largest absolute Gasteiger partial charge is 0.491 e. The number of hydrogen-bond donors (Lipinski definition) is 3. The number of hydrogen-bond acceptors (Lipinski definition) is 9. The summed E-state index contributed by atoms with van der Waals surface area (Å²) in [5.74, 6) is -0.327. The number of ether oxygens (including phenoxy) is 2. The van der Waals surface area contributed by atoms with Gasteiger partial charge in [0, 0.05) is 30.2 Å². The summed E-state index contributed by atoms with van der Waals surface area (Å²) in [6.07, 6.45) is 7.42. The van der Waals surface area contributed by atoms with Crippen molar-refractivity contribution in [2.24, 2.45) is 11.8 Å². The molecule has 5 atom stereocenters. The van der Waals surface area contributed by atoms with E-state index in [1.54, 1.807) is 36.4 Å². The van der Waals surface area contributed by atoms with Crippen molar-refractivity contribution in [3.05, 3.63) is 63.7 Å². The molecule has 1 aliphatic carbocycles. The minimum atomic E-state index is -0.888. The third kappa shape index (κ3) is 11.4. The van der Waals surface area contributed by atoms with Crippen LogP contribution in [0, 0.1) is 22.0 Å². The molecule has 0 aliphatic heterocycles. The van der Waals surface area contributed by atoms with Gasteiger partial charge in [0.05, 0.1) is 25.4 Å². The first-order valence-corrected chi connectivity index (χ1v) is 12.3. The summed E-state index contributed by atoms with van der Waals surface area (Å²) in [6, 6.07) is 6.87. The Balaban J connectivity index is 1.68. The molecule has 1 aliphatic rings. The predicted molar refractivity (Wildman–Crippen MR) is 132 cm³/mol. The number of unbranched alkanes of at least 4 members (excludes halogenated alkanes) is 1. The maximum atomic E-state index is 11.6. The Morgan fingerprint density at radius 3 is 2.78 bits per heavy atom. The highest BCUT2D eigenvalue weighted by molar-refractivity contribution is 6.30. The van der Waals surface area contributed by atoms with E-state index in [9.17, 15) is 30.2 Å². The fraction of sp³-hybridized carbons (Fsp3) is 0.560. The SMILES string of the molecule is O=C(CCC/C=C\C[C@@H]1[C@@H](/C=C/[C@@H](O)COc2cccc(Cl)c2)[C@H](O)C[C@@H]1O)OCCCO[N+](=O)[O-]. The van der Waals surface area contributed by atoms with Crippen LogP contribution in [0.2, 0.25) is 5.02 Å². The zero-order chi connectivity index (χ0) is 26.3. The van der Waals surface area contributed by atoms with E-state index in [-0.39, 0.29) is 56.9 Å². The molecule has 36 heavy (non-hydrogen) atoms. The molecule has 1 saturated carbocycles. The monoisotopic (exact) mass is 527 g/mol. The number of benzene rings is 1. The topological polar surface area (TPSA) is 149 Å². The standard InChI is InChI=1S/C25H34ClNO9/c26-18-7-5-8-20(15-18)35-17-19(28)11-12-22-21(23(29)16-24(22)30)9-3-1-2-4-10-25(31)34-13-6-14-36-27(32)33/h1,3,5,7-8,11-12,15,19,21-24,28-30H,2,4,6,9-10,13-14,16-17H2/b3-1-,12-11+/t19-,21-,22-,23+,24-/m1/s1. The molecule has 0 heterocycles. The van der Waals surface area contributed by atoms with Crippen LogP contribution in [0.4, 0.5) is 0 Å². The molecule has 1 fully saturated rings. The van der Waals surface area contributed by atoms with E-state index in [0.717, 1.165) is 0 Å². The van der Waals surface area contributed by atoms with Gasteiger partial charge < -0.3 is 29.6 Å². The van der Waals surface area contributed by atoms with Crippen molar-refractivity contribution in [3.8, 4) is 5.75 Å². The summed E-state index contributed by atoms with van der Waals surface area (Å²) >= 11 is 5.92. The van der Waals surface area contributed by atoms with Gasteiger partial charge in [-0.15, -0.1) is 10.1 Å². The van der Waals surface area contributed by atoms with E-state index in [1.807, 2.05) is 12.2 Å². The van der Waals surface area contributed by atoms with Gasteiger partial charge in [-0.1, -0.05) is 42.0 Å². The molecular formula is C25H34ClNO9. The van der Waals surface area contributed by atoms with Crippen molar-refractivity contribution in [3.63, 3.8) is 0 Å². The highest BCUT2D eigenvalue weighted by Gasteiger charge is 2.39. The van der Waals surface area contributed by atoms with Gasteiger partial charge in [-0.3, -0.25) is 4.79 Å². The van der Waals surface area contributed by atoms with Gasteiger partial charge in [-0.2, -0.15) is 0 Å². The fourth-order valence-electron chi connectivity index (χ4n) is 3.95. The number of aliphatic hydroxyl groups excluding tert-OH is 3. The second kappa shape index (κ2) is 16.2. The Morgan fingerprint density at radius 2 is 2.03 bits per heavy atom. The minimum absolute atomic E-state index is 0.0296. The molecule has 200 valence electrons. The summed E-state index contributed by atoms with van der Waals surface area (Å²) < 4.78 is 10.5. The summed E-state index contributed by atoms with van der Waals surface area (Å²) in [6.45, 7) is -0.0146. The smallest absolute Gasteiger partial charge is 0.305 e. The van der Waals surface area contributed by atoms with Crippen molar-refractivity contribution < 1.29 is 39.5 Å². The number of rotatable bonds is 16. The van der Waals surface area contributed by atoms with Gasteiger partial charge >= 0.3 is 5.97 Å². The second-order valence-corrected chi connectivity index (χ2v) is 9.00. The summed E-state index contributed by atoms with van der Waals surface area (Å²) in [4.78, 5) is 25.8. The third-order valence-electron chi connectivity index (χ3n) is 5.76. The highest BCUT2D eigenvalue weighted by atomic mass is 35.5. The number of carbonyl (C=O) groups excluding carboxylic acids is 1. The van der Waals surface area contributed by atoms with E-state index in [4.69, 9.17) is 21.1 Å². The number of aliphatic hydroxyl groups is 3. The van der Waals surface area contributed by atoms with Crippen LogP contribution in [0.5, 0.6) is 5.75 Å². The van der Waals surface area contributed by atoms with Crippen LogP contribution in [0.25, 0.3) is 0 Å². The molecule has 3 N–H and O–H groups in total. The average Bonchev–Trinajstić information content (AvgIpc) is 3.10. The highest BCUT2D eigenvalue weighted by Crippen LogP contribution is 2.36. The van der Waals surface area contributed by atoms with Gasteiger partial charge in [0.1, 0.15) is 18.5 Å². The lowest BCUT2D eigenvalue weighted by Gasteiger charge is -2.19. The summed E-state index contributed by atoms with van der Waals surface area (Å²) in [5, 5.41) is 40.6. The van der Waals surface area contributed by atoms with Gasteiger partial charge in [-0.25, -0.2) is 0 Å². The number of esters is 1. The van der Waals surface area contributed by atoms with Crippen LogP contribution in [-0.2, 0) is 14.4 Å². The fourth-order valence-corrected chi connectivity index (χ4v) is 4.13. The molecule has 1 aromatic rings. The molecule has 0 unspecified atom stereocenters. The normalized spacial score (nSPS) is 22.7. The first kappa shape index (κ1) is 29.6. The van der Waals surface area contributed by atoms with E-state index in [1.165, 1.54) is 0 Å². The first-order valence-electron chi connectivity index (χ1n) is 11.9. The Kier molecular flexibility index (Phi) is 13.3. The number of nitrogens with zero attached hydrogens (tertiary/aromatic N) is 1. The molecule has 0 spiro atoms. The van der Waals surface area contributed by atoms with E-state index in [0.29, 0.717) is 30.0 Å². The second-order valence-electron chi connectivity index (χ2n) is 8.56.